The molecule has 0 saturated carbocycles. The minimum atomic E-state index is -4.35. The highest BCUT2D eigenvalue weighted by Gasteiger charge is 2.31. The third-order valence-electron chi connectivity index (χ3n) is 4.59. The Labute approximate surface area is 162 Å². The minimum Gasteiger partial charge on any atom is -0.379 e. The Balaban J connectivity index is 1.76. The lowest BCUT2D eigenvalue weighted by Gasteiger charge is -2.34. The van der Waals surface area contributed by atoms with Crippen LogP contribution < -0.4 is 11.1 Å². The van der Waals surface area contributed by atoms with Gasteiger partial charge >= 0.3 is 6.18 Å². The normalized spacial score (nSPS) is 17.3. The Morgan fingerprint density at radius 1 is 1.07 bits per heavy atom. The number of alkyl halides is 3. The molecule has 0 aromatic heterocycles. The predicted octanol–water partition coefficient (Wildman–Crippen LogP) is 3.51. The number of aliphatic imine (C=N–C) groups is 1. The summed E-state index contributed by atoms with van der Waals surface area (Å²) in [6.07, 6.45) is -4.35. The third kappa shape index (κ3) is 5.46. The number of morpholine rings is 1. The summed E-state index contributed by atoms with van der Waals surface area (Å²) < 4.78 is 44.0. The van der Waals surface area contributed by atoms with Gasteiger partial charge in [0.2, 0.25) is 0 Å². The predicted molar refractivity (Wildman–Crippen MR) is 103 cm³/mol. The Morgan fingerprint density at radius 2 is 1.71 bits per heavy atom. The first-order valence-electron chi connectivity index (χ1n) is 9.04. The zero-order chi connectivity index (χ0) is 20.0. The van der Waals surface area contributed by atoms with Crippen LogP contribution in [0.3, 0.4) is 0 Å². The molecular formula is C20H23F3N4O. The molecule has 0 amide bonds. The molecule has 3 N–H and O–H groups in total. The van der Waals surface area contributed by atoms with Crippen molar-refractivity contribution in [2.24, 2.45) is 10.7 Å². The molecule has 0 aliphatic carbocycles. The highest BCUT2D eigenvalue weighted by Crippen LogP contribution is 2.31. The van der Waals surface area contributed by atoms with Gasteiger partial charge in [-0.1, -0.05) is 30.3 Å². The molecule has 2 aromatic carbocycles. The zero-order valence-electron chi connectivity index (χ0n) is 15.3. The van der Waals surface area contributed by atoms with Crippen LogP contribution in [0.1, 0.15) is 17.2 Å². The first kappa shape index (κ1) is 20.2. The topological polar surface area (TPSA) is 62.9 Å². The van der Waals surface area contributed by atoms with Crippen molar-refractivity contribution in [1.29, 1.82) is 0 Å². The number of guanidine groups is 1. The van der Waals surface area contributed by atoms with E-state index in [-0.39, 0.29) is 12.0 Å². The van der Waals surface area contributed by atoms with Crippen LogP contribution in [0.2, 0.25) is 0 Å². The third-order valence-corrected chi connectivity index (χ3v) is 4.59. The van der Waals surface area contributed by atoms with E-state index in [9.17, 15) is 13.2 Å². The summed E-state index contributed by atoms with van der Waals surface area (Å²) in [6.45, 7) is 2.87. The summed E-state index contributed by atoms with van der Waals surface area (Å²) in [7, 11) is 0. The molecule has 1 saturated heterocycles. The first-order chi connectivity index (χ1) is 13.4. The Hall–Kier alpha value is -2.58. The number of anilines is 1. The zero-order valence-corrected chi connectivity index (χ0v) is 15.3. The molecule has 0 spiro atoms. The van der Waals surface area contributed by atoms with Gasteiger partial charge in [0.05, 0.1) is 31.4 Å². The number of hydrogen-bond acceptors (Lipinski definition) is 3. The molecular weight excluding hydrogens is 369 g/mol. The fourth-order valence-corrected chi connectivity index (χ4v) is 3.11. The van der Waals surface area contributed by atoms with Gasteiger partial charge in [-0.2, -0.15) is 13.2 Å². The van der Waals surface area contributed by atoms with E-state index in [0.717, 1.165) is 23.4 Å². The van der Waals surface area contributed by atoms with E-state index in [1.54, 1.807) is 0 Å². The van der Waals surface area contributed by atoms with Crippen molar-refractivity contribution in [3.05, 3.63) is 65.7 Å². The second kappa shape index (κ2) is 9.07. The van der Waals surface area contributed by atoms with Crippen molar-refractivity contribution in [2.75, 3.05) is 38.2 Å². The van der Waals surface area contributed by atoms with E-state index >= 15 is 0 Å². The lowest BCUT2D eigenvalue weighted by molar-refractivity contribution is -0.137. The molecule has 3 rings (SSSR count). The van der Waals surface area contributed by atoms with Gasteiger partial charge in [0.25, 0.3) is 0 Å². The molecule has 5 nitrogen and oxygen atoms in total. The van der Waals surface area contributed by atoms with Crippen molar-refractivity contribution in [2.45, 2.75) is 12.2 Å². The lowest BCUT2D eigenvalue weighted by Crippen LogP contribution is -2.40. The molecule has 1 unspecified atom stereocenters. The minimum absolute atomic E-state index is 0.178. The number of rotatable bonds is 5. The van der Waals surface area contributed by atoms with Gasteiger partial charge < -0.3 is 15.8 Å². The summed E-state index contributed by atoms with van der Waals surface area (Å²) in [5.41, 5.74) is 6.92. The molecule has 0 bridgehead atoms. The van der Waals surface area contributed by atoms with E-state index in [1.165, 1.54) is 12.1 Å². The van der Waals surface area contributed by atoms with Gasteiger partial charge in [0.1, 0.15) is 0 Å². The van der Waals surface area contributed by atoms with Crippen LogP contribution in [0, 0.1) is 0 Å². The number of nitrogens with zero attached hydrogens (tertiary/aromatic N) is 2. The molecule has 1 aliphatic rings. The highest BCUT2D eigenvalue weighted by atomic mass is 19.4. The molecule has 150 valence electrons. The molecule has 1 aliphatic heterocycles. The van der Waals surface area contributed by atoms with Crippen LogP contribution in [-0.4, -0.2) is 43.7 Å². The van der Waals surface area contributed by atoms with Crippen LogP contribution in [-0.2, 0) is 10.9 Å². The van der Waals surface area contributed by atoms with Crippen LogP contribution >= 0.6 is 0 Å². The second-order valence-electron chi connectivity index (χ2n) is 6.50. The Bertz CT molecular complexity index is 772. The van der Waals surface area contributed by atoms with Gasteiger partial charge in [-0.25, -0.2) is 0 Å². The van der Waals surface area contributed by atoms with Crippen LogP contribution in [0.25, 0.3) is 0 Å². The van der Waals surface area contributed by atoms with Gasteiger partial charge in [0.15, 0.2) is 5.96 Å². The maximum absolute atomic E-state index is 12.9. The van der Waals surface area contributed by atoms with E-state index in [4.69, 9.17) is 10.5 Å². The van der Waals surface area contributed by atoms with Crippen molar-refractivity contribution >= 4 is 11.6 Å². The maximum Gasteiger partial charge on any atom is 0.416 e. The van der Waals surface area contributed by atoms with Gasteiger partial charge in [-0.3, -0.25) is 9.89 Å². The van der Waals surface area contributed by atoms with Crippen molar-refractivity contribution in [1.82, 2.24) is 4.90 Å². The summed E-state index contributed by atoms with van der Waals surface area (Å²) in [4.78, 5) is 6.58. The van der Waals surface area contributed by atoms with Gasteiger partial charge in [-0.15, -0.1) is 0 Å². The molecule has 1 fully saturated rings. The fourth-order valence-electron chi connectivity index (χ4n) is 3.11. The summed E-state index contributed by atoms with van der Waals surface area (Å²) in [6, 6.07) is 14.5. The summed E-state index contributed by atoms with van der Waals surface area (Å²) >= 11 is 0. The van der Waals surface area contributed by atoms with Crippen LogP contribution in [0.4, 0.5) is 18.9 Å². The van der Waals surface area contributed by atoms with Gasteiger partial charge in [-0.05, 0) is 29.8 Å². The van der Waals surface area contributed by atoms with E-state index in [1.807, 2.05) is 30.3 Å². The molecule has 2 aromatic rings. The number of halogens is 3. The average Bonchev–Trinajstić information content (AvgIpc) is 2.69. The second-order valence-corrected chi connectivity index (χ2v) is 6.50. The number of para-hydroxylation sites is 1. The van der Waals surface area contributed by atoms with Gasteiger partial charge in [0, 0.05) is 18.8 Å². The largest absolute Gasteiger partial charge is 0.416 e. The molecule has 1 atom stereocenters. The SMILES string of the molecule is NC(=NCC(c1ccc(C(F)(F)F)cc1)N1CCOCC1)Nc1ccccc1. The van der Waals surface area contributed by atoms with Crippen LogP contribution in [0.15, 0.2) is 59.6 Å². The summed E-state index contributed by atoms with van der Waals surface area (Å²) in [5.74, 6) is 0.261. The average molecular weight is 392 g/mol. The number of nitrogens with two attached hydrogens (primary N) is 1. The number of nitrogens with one attached hydrogen (secondary N) is 1. The lowest BCUT2D eigenvalue weighted by atomic mass is 10.0. The highest BCUT2D eigenvalue weighted by molar-refractivity contribution is 5.92. The maximum atomic E-state index is 12.9. The Kier molecular flexibility index (Phi) is 6.53. The fraction of sp³-hybridized carbons (Fsp3) is 0.350. The molecule has 0 radical (unpaired) electrons. The Morgan fingerprint density at radius 3 is 2.32 bits per heavy atom. The number of benzene rings is 2. The number of hydrogen-bond donors (Lipinski definition) is 2. The quantitative estimate of drug-likeness (QED) is 0.604. The first-order valence-corrected chi connectivity index (χ1v) is 9.04. The summed E-state index contributed by atoms with van der Waals surface area (Å²) in [5, 5.41) is 3.02. The molecule has 28 heavy (non-hydrogen) atoms. The standard InChI is InChI=1S/C20H23F3N4O/c21-20(22,23)16-8-6-15(7-9-16)18(27-10-12-28-13-11-27)14-25-19(24)26-17-4-2-1-3-5-17/h1-9,18H,10-14H2,(H3,24,25,26). The van der Waals surface area contributed by atoms with Crippen molar-refractivity contribution < 1.29 is 17.9 Å². The van der Waals surface area contributed by atoms with E-state index < -0.39 is 11.7 Å². The molecule has 8 heteroatoms. The van der Waals surface area contributed by atoms with Crippen molar-refractivity contribution in [3.8, 4) is 0 Å². The van der Waals surface area contributed by atoms with E-state index in [0.29, 0.717) is 32.8 Å². The van der Waals surface area contributed by atoms with E-state index in [2.05, 4.69) is 15.2 Å². The van der Waals surface area contributed by atoms with Crippen molar-refractivity contribution in [3.63, 3.8) is 0 Å². The number of ether oxygens (including phenoxy) is 1. The van der Waals surface area contributed by atoms with Crippen LogP contribution in [0.5, 0.6) is 0 Å². The molecule has 1 heterocycles. The monoisotopic (exact) mass is 392 g/mol. The smallest absolute Gasteiger partial charge is 0.379 e.